The molecule has 226 valence electrons. The molecule has 0 saturated heterocycles. The van der Waals surface area contributed by atoms with Gasteiger partial charge < -0.3 is 19.7 Å². The van der Waals surface area contributed by atoms with Gasteiger partial charge in [-0.3, -0.25) is 9.59 Å². The van der Waals surface area contributed by atoms with Crippen molar-refractivity contribution in [3.05, 3.63) is 151 Å². The zero-order chi connectivity index (χ0) is 31.6. The first-order chi connectivity index (χ1) is 22.0. The number of hydrogen-bond donors (Lipinski definition) is 1. The lowest BCUT2D eigenvalue weighted by Crippen LogP contribution is -2.33. The summed E-state index contributed by atoms with van der Waals surface area (Å²) in [6.45, 7) is 4.27. The highest BCUT2D eigenvalue weighted by atomic mass is 16.5. The molecule has 0 spiro atoms. The molecule has 5 aromatic carbocycles. The van der Waals surface area contributed by atoms with Crippen molar-refractivity contribution in [2.75, 3.05) is 30.5 Å². The van der Waals surface area contributed by atoms with Crippen molar-refractivity contribution in [3.63, 3.8) is 0 Å². The SMILES string of the molecule is C=CC(=O)N(CCOc1ccc(C[C@H](Nc2ccccc2C(=O)c2ccccc2)C(=O)OC)cc1)c1cccc2ccccc12. The molecule has 0 aliphatic heterocycles. The van der Waals surface area contributed by atoms with Crippen molar-refractivity contribution in [2.45, 2.75) is 12.5 Å². The Labute approximate surface area is 262 Å². The summed E-state index contributed by atoms with van der Waals surface area (Å²) < 4.78 is 11.1. The Bertz CT molecular complexity index is 1800. The van der Waals surface area contributed by atoms with Crippen LogP contribution in [0.3, 0.4) is 0 Å². The van der Waals surface area contributed by atoms with E-state index in [9.17, 15) is 14.4 Å². The average Bonchev–Trinajstić information content (AvgIpc) is 3.10. The second-order valence-corrected chi connectivity index (χ2v) is 10.3. The van der Waals surface area contributed by atoms with E-state index in [1.54, 1.807) is 35.2 Å². The van der Waals surface area contributed by atoms with E-state index < -0.39 is 12.0 Å². The first-order valence-corrected chi connectivity index (χ1v) is 14.6. The Morgan fingerprint density at radius 3 is 2.27 bits per heavy atom. The predicted octanol–water partition coefficient (Wildman–Crippen LogP) is 6.87. The number of ketones is 1. The minimum absolute atomic E-state index is 0.141. The maximum atomic E-state index is 13.2. The van der Waals surface area contributed by atoms with Crippen molar-refractivity contribution >= 4 is 39.8 Å². The van der Waals surface area contributed by atoms with Crippen LogP contribution in [0.4, 0.5) is 11.4 Å². The van der Waals surface area contributed by atoms with E-state index in [0.29, 0.717) is 35.5 Å². The highest BCUT2D eigenvalue weighted by Crippen LogP contribution is 2.27. The lowest BCUT2D eigenvalue weighted by molar-refractivity contribution is -0.141. The van der Waals surface area contributed by atoms with Crippen LogP contribution in [0.5, 0.6) is 5.75 Å². The van der Waals surface area contributed by atoms with Crippen LogP contribution in [-0.2, 0) is 20.7 Å². The van der Waals surface area contributed by atoms with Gasteiger partial charge in [-0.2, -0.15) is 0 Å². The van der Waals surface area contributed by atoms with Crippen LogP contribution in [0.1, 0.15) is 21.5 Å². The second kappa shape index (κ2) is 14.7. The number of anilines is 2. The summed E-state index contributed by atoms with van der Waals surface area (Å²) in [7, 11) is 1.34. The number of esters is 1. The van der Waals surface area contributed by atoms with Gasteiger partial charge in [-0.1, -0.05) is 97.6 Å². The second-order valence-electron chi connectivity index (χ2n) is 10.3. The number of rotatable bonds is 13. The number of carbonyl (C=O) groups is 3. The molecule has 5 rings (SSSR count). The molecule has 0 unspecified atom stereocenters. The largest absolute Gasteiger partial charge is 0.492 e. The Balaban J connectivity index is 1.25. The van der Waals surface area contributed by atoms with Crippen LogP contribution in [-0.4, -0.2) is 44.0 Å². The van der Waals surface area contributed by atoms with E-state index in [2.05, 4.69) is 11.9 Å². The van der Waals surface area contributed by atoms with E-state index in [0.717, 1.165) is 22.0 Å². The molecule has 7 heteroatoms. The summed E-state index contributed by atoms with van der Waals surface area (Å²) in [4.78, 5) is 40.4. The number of benzene rings is 5. The van der Waals surface area contributed by atoms with Crippen LogP contribution in [0.2, 0.25) is 0 Å². The van der Waals surface area contributed by atoms with Gasteiger partial charge in [-0.05, 0) is 47.4 Å². The number of fused-ring (bicyclic) bond motifs is 1. The maximum absolute atomic E-state index is 13.2. The fourth-order valence-electron chi connectivity index (χ4n) is 5.19. The third-order valence-corrected chi connectivity index (χ3v) is 7.47. The predicted molar refractivity (Wildman–Crippen MR) is 178 cm³/mol. The zero-order valence-electron chi connectivity index (χ0n) is 25.0. The lowest BCUT2D eigenvalue weighted by atomic mass is 10.00. The van der Waals surface area contributed by atoms with Gasteiger partial charge in [0, 0.05) is 28.6 Å². The van der Waals surface area contributed by atoms with Gasteiger partial charge in [0.05, 0.1) is 19.3 Å². The molecule has 1 amide bonds. The van der Waals surface area contributed by atoms with Gasteiger partial charge in [0.2, 0.25) is 0 Å². The number of nitrogens with one attached hydrogen (secondary N) is 1. The van der Waals surface area contributed by atoms with Crippen molar-refractivity contribution in [3.8, 4) is 5.75 Å². The van der Waals surface area contributed by atoms with Crippen molar-refractivity contribution in [1.29, 1.82) is 0 Å². The highest BCUT2D eigenvalue weighted by Gasteiger charge is 2.23. The first kappa shape index (κ1) is 30.8. The van der Waals surface area contributed by atoms with Crippen LogP contribution in [0.25, 0.3) is 10.8 Å². The number of amides is 1. The molecule has 7 nitrogen and oxygen atoms in total. The Kier molecular flexibility index (Phi) is 10.0. The van der Waals surface area contributed by atoms with E-state index >= 15 is 0 Å². The van der Waals surface area contributed by atoms with E-state index in [1.165, 1.54) is 13.2 Å². The van der Waals surface area contributed by atoms with Crippen molar-refractivity contribution in [1.82, 2.24) is 0 Å². The molecule has 45 heavy (non-hydrogen) atoms. The molecular weight excluding hydrogens is 564 g/mol. The highest BCUT2D eigenvalue weighted by molar-refractivity contribution is 6.12. The number of ether oxygens (including phenoxy) is 2. The van der Waals surface area contributed by atoms with Crippen LogP contribution in [0.15, 0.2) is 134 Å². The molecule has 0 aliphatic rings. The quantitative estimate of drug-likeness (QED) is 0.0905. The normalized spacial score (nSPS) is 11.3. The number of hydrogen-bond acceptors (Lipinski definition) is 6. The molecule has 0 radical (unpaired) electrons. The molecule has 0 aliphatic carbocycles. The zero-order valence-corrected chi connectivity index (χ0v) is 25.0. The molecule has 0 bridgehead atoms. The summed E-state index contributed by atoms with van der Waals surface area (Å²) in [5.41, 5.74) is 3.24. The smallest absolute Gasteiger partial charge is 0.328 e. The minimum Gasteiger partial charge on any atom is -0.492 e. The third-order valence-electron chi connectivity index (χ3n) is 7.47. The molecule has 5 aromatic rings. The Hall–Kier alpha value is -5.69. The molecule has 1 N–H and O–H groups in total. The molecule has 0 saturated carbocycles. The fraction of sp³-hybridized carbons (Fsp3) is 0.132. The van der Waals surface area contributed by atoms with Crippen LogP contribution in [0, 0.1) is 0 Å². The molecule has 0 heterocycles. The number of nitrogens with zero attached hydrogens (tertiary/aromatic N) is 1. The first-order valence-electron chi connectivity index (χ1n) is 14.6. The minimum atomic E-state index is -0.731. The van der Waals surface area contributed by atoms with E-state index in [1.807, 2.05) is 91.0 Å². The van der Waals surface area contributed by atoms with Crippen molar-refractivity contribution < 1.29 is 23.9 Å². The lowest BCUT2D eigenvalue weighted by Gasteiger charge is -2.23. The molecule has 0 fully saturated rings. The Morgan fingerprint density at radius 2 is 1.51 bits per heavy atom. The summed E-state index contributed by atoms with van der Waals surface area (Å²) in [5.74, 6) is -0.168. The average molecular weight is 599 g/mol. The standard InChI is InChI=1S/C38H34N2O5/c1-3-36(41)40(35-19-11-15-28-12-7-8-16-31(28)35)24-25-45-30-22-20-27(21-23-30)26-34(38(43)44-2)39-33-18-10-9-17-32(33)37(42)29-13-5-4-6-14-29/h3-23,34,39H,1,24-26H2,2H3/t34-/m0/s1. The molecule has 0 aromatic heterocycles. The van der Waals surface area contributed by atoms with E-state index in [-0.39, 0.29) is 18.3 Å². The van der Waals surface area contributed by atoms with Gasteiger partial charge >= 0.3 is 5.97 Å². The third kappa shape index (κ3) is 7.46. The molecule has 1 atom stereocenters. The summed E-state index contributed by atoms with van der Waals surface area (Å²) in [6.07, 6.45) is 1.63. The number of carbonyl (C=O) groups excluding carboxylic acids is 3. The summed E-state index contributed by atoms with van der Waals surface area (Å²) in [6, 6.07) is 36.6. The monoisotopic (exact) mass is 598 g/mol. The maximum Gasteiger partial charge on any atom is 0.328 e. The number of para-hydroxylation sites is 1. The number of methoxy groups -OCH3 is 1. The summed E-state index contributed by atoms with van der Waals surface area (Å²) >= 11 is 0. The summed E-state index contributed by atoms with van der Waals surface area (Å²) in [5, 5.41) is 5.24. The van der Waals surface area contributed by atoms with Crippen LogP contribution < -0.4 is 15.0 Å². The topological polar surface area (TPSA) is 84.9 Å². The van der Waals surface area contributed by atoms with E-state index in [4.69, 9.17) is 9.47 Å². The van der Waals surface area contributed by atoms with Gasteiger partial charge in [-0.25, -0.2) is 4.79 Å². The van der Waals surface area contributed by atoms with Crippen LogP contribution >= 0.6 is 0 Å². The van der Waals surface area contributed by atoms with Crippen molar-refractivity contribution in [2.24, 2.45) is 0 Å². The van der Waals surface area contributed by atoms with Gasteiger partial charge in [0.25, 0.3) is 5.91 Å². The van der Waals surface area contributed by atoms with Gasteiger partial charge in [0.1, 0.15) is 18.4 Å². The van der Waals surface area contributed by atoms with Gasteiger partial charge in [-0.15, -0.1) is 0 Å². The fourth-order valence-corrected chi connectivity index (χ4v) is 5.19. The Morgan fingerprint density at radius 1 is 0.822 bits per heavy atom. The van der Waals surface area contributed by atoms with Gasteiger partial charge in [0.15, 0.2) is 5.78 Å². The molecular formula is C38H34N2O5.